The second-order valence-electron chi connectivity index (χ2n) is 10.5. The average molecular weight is 592 g/mol. The summed E-state index contributed by atoms with van der Waals surface area (Å²) in [7, 11) is 3.37. The molecule has 1 fully saturated rings. The summed E-state index contributed by atoms with van der Waals surface area (Å²) in [4.78, 5) is 42.2. The van der Waals surface area contributed by atoms with Crippen LogP contribution in [0, 0.1) is 5.82 Å². The summed E-state index contributed by atoms with van der Waals surface area (Å²) in [6, 6.07) is 20.8. The number of pyridine rings is 1. The molecule has 222 valence electrons. The van der Waals surface area contributed by atoms with Gasteiger partial charge in [-0.1, -0.05) is 6.07 Å². The predicted octanol–water partition coefficient (Wildman–Crippen LogP) is 5.68. The maximum atomic E-state index is 13.9. The molecule has 0 atom stereocenters. The third-order valence-electron chi connectivity index (χ3n) is 7.22. The summed E-state index contributed by atoms with van der Waals surface area (Å²) >= 11 is 0. The molecule has 2 N–H and O–H groups in total. The summed E-state index contributed by atoms with van der Waals surface area (Å²) < 4.78 is 19.5. The number of urea groups is 1. The molecule has 0 aliphatic carbocycles. The summed E-state index contributed by atoms with van der Waals surface area (Å²) in [6.45, 7) is 2.62. The number of morpholine rings is 1. The van der Waals surface area contributed by atoms with Crippen molar-refractivity contribution in [2.45, 2.75) is 0 Å². The fourth-order valence-electron chi connectivity index (χ4n) is 4.96. The van der Waals surface area contributed by atoms with Gasteiger partial charge in [0.15, 0.2) is 5.82 Å². The lowest BCUT2D eigenvalue weighted by molar-refractivity contribution is 0.0827. The van der Waals surface area contributed by atoms with Crippen molar-refractivity contribution in [2.75, 3.05) is 55.9 Å². The zero-order chi connectivity index (χ0) is 30.6. The van der Waals surface area contributed by atoms with Crippen molar-refractivity contribution in [1.29, 1.82) is 0 Å². The van der Waals surface area contributed by atoms with E-state index in [2.05, 4.69) is 20.5 Å². The molecule has 5 aromatic rings. The van der Waals surface area contributed by atoms with Crippen LogP contribution in [0.5, 0.6) is 0 Å². The molecule has 3 amide bonds. The number of nitrogens with one attached hydrogen (secondary N) is 2. The number of benzene rings is 3. The van der Waals surface area contributed by atoms with Crippen molar-refractivity contribution in [1.82, 2.24) is 19.9 Å². The van der Waals surface area contributed by atoms with Gasteiger partial charge in [-0.25, -0.2) is 19.2 Å². The number of nitrogens with zero attached hydrogens (tertiary/aromatic N) is 5. The van der Waals surface area contributed by atoms with Crippen LogP contribution in [0.3, 0.4) is 0 Å². The standard InChI is InChI=1S/C33H30FN7O3/c1-40(2)32(42)22-5-10-27(11-6-22)37-33(43)36-26-8-3-21(4-9-26)30-38-29-18-23(24-17-25(34)20-35-19-24)7-12-28(29)31(39-30)41-13-15-44-16-14-41/h3-12,17-20H,13-16H2,1-2H3,(H2,36,37,43). The maximum absolute atomic E-state index is 13.9. The largest absolute Gasteiger partial charge is 0.378 e. The Morgan fingerprint density at radius 3 is 2.14 bits per heavy atom. The fraction of sp³-hybridized carbons (Fsp3) is 0.182. The van der Waals surface area contributed by atoms with E-state index in [9.17, 15) is 14.0 Å². The van der Waals surface area contributed by atoms with E-state index < -0.39 is 11.8 Å². The monoisotopic (exact) mass is 591 g/mol. The highest BCUT2D eigenvalue weighted by Crippen LogP contribution is 2.32. The lowest BCUT2D eigenvalue weighted by Crippen LogP contribution is -2.37. The Morgan fingerprint density at radius 1 is 0.818 bits per heavy atom. The van der Waals surface area contributed by atoms with Gasteiger partial charge in [0.2, 0.25) is 0 Å². The van der Waals surface area contributed by atoms with Crippen LogP contribution in [-0.4, -0.2) is 72.2 Å². The number of carbonyl (C=O) groups excluding carboxylic acids is 2. The van der Waals surface area contributed by atoms with Gasteiger partial charge in [0.25, 0.3) is 5.91 Å². The molecular formula is C33H30FN7O3. The fourth-order valence-corrected chi connectivity index (χ4v) is 4.96. The molecule has 0 unspecified atom stereocenters. The molecule has 0 radical (unpaired) electrons. The number of halogens is 1. The van der Waals surface area contributed by atoms with E-state index in [4.69, 9.17) is 14.7 Å². The van der Waals surface area contributed by atoms with Crippen molar-refractivity contribution in [3.8, 4) is 22.5 Å². The van der Waals surface area contributed by atoms with Crippen LogP contribution in [0.1, 0.15) is 10.4 Å². The first-order valence-corrected chi connectivity index (χ1v) is 14.1. The second-order valence-corrected chi connectivity index (χ2v) is 10.5. The molecular weight excluding hydrogens is 561 g/mol. The molecule has 3 heterocycles. The third-order valence-corrected chi connectivity index (χ3v) is 7.22. The van der Waals surface area contributed by atoms with Gasteiger partial charge in [-0.15, -0.1) is 0 Å². The maximum Gasteiger partial charge on any atom is 0.323 e. The molecule has 1 saturated heterocycles. The Kier molecular flexibility index (Phi) is 8.11. The molecule has 10 nitrogen and oxygen atoms in total. The number of amides is 3. The van der Waals surface area contributed by atoms with Gasteiger partial charge >= 0.3 is 6.03 Å². The second kappa shape index (κ2) is 12.4. The van der Waals surface area contributed by atoms with Crippen LogP contribution in [-0.2, 0) is 4.74 Å². The van der Waals surface area contributed by atoms with Crippen LogP contribution in [0.15, 0.2) is 85.2 Å². The van der Waals surface area contributed by atoms with Crippen molar-refractivity contribution < 1.29 is 18.7 Å². The van der Waals surface area contributed by atoms with Gasteiger partial charge in [0.05, 0.1) is 24.9 Å². The molecule has 0 saturated carbocycles. The lowest BCUT2D eigenvalue weighted by atomic mass is 10.0. The number of carbonyl (C=O) groups is 2. The van der Waals surface area contributed by atoms with Crippen molar-refractivity contribution in [2.24, 2.45) is 0 Å². The molecule has 2 aromatic heterocycles. The minimum absolute atomic E-state index is 0.113. The molecule has 3 aromatic carbocycles. The molecule has 11 heteroatoms. The van der Waals surface area contributed by atoms with Crippen LogP contribution in [0.2, 0.25) is 0 Å². The van der Waals surface area contributed by atoms with E-state index in [1.165, 1.54) is 17.2 Å². The zero-order valence-corrected chi connectivity index (χ0v) is 24.3. The first-order valence-electron chi connectivity index (χ1n) is 14.1. The first-order chi connectivity index (χ1) is 21.3. The van der Waals surface area contributed by atoms with Crippen LogP contribution in [0.4, 0.5) is 26.4 Å². The van der Waals surface area contributed by atoms with Crippen LogP contribution < -0.4 is 15.5 Å². The van der Waals surface area contributed by atoms with E-state index in [0.29, 0.717) is 54.6 Å². The Bertz CT molecular complexity index is 1820. The van der Waals surface area contributed by atoms with Gasteiger partial charge in [-0.3, -0.25) is 9.78 Å². The van der Waals surface area contributed by atoms with Gasteiger partial charge < -0.3 is 25.2 Å². The van der Waals surface area contributed by atoms with E-state index in [-0.39, 0.29) is 5.91 Å². The highest BCUT2D eigenvalue weighted by atomic mass is 19.1. The molecule has 6 rings (SSSR count). The number of hydrogen-bond acceptors (Lipinski definition) is 7. The molecule has 0 bridgehead atoms. The normalized spacial score (nSPS) is 13.0. The van der Waals surface area contributed by atoms with E-state index in [1.807, 2.05) is 30.3 Å². The third kappa shape index (κ3) is 6.32. The van der Waals surface area contributed by atoms with Gasteiger partial charge in [-0.05, 0) is 72.3 Å². The van der Waals surface area contributed by atoms with Crippen molar-refractivity contribution in [3.63, 3.8) is 0 Å². The Balaban J connectivity index is 1.24. The zero-order valence-electron chi connectivity index (χ0n) is 24.3. The topological polar surface area (TPSA) is 113 Å². The van der Waals surface area contributed by atoms with Crippen molar-refractivity contribution >= 4 is 40.0 Å². The van der Waals surface area contributed by atoms with Crippen molar-refractivity contribution in [3.05, 3.63) is 96.6 Å². The van der Waals surface area contributed by atoms with Gasteiger partial charge in [-0.2, -0.15) is 0 Å². The first kappa shape index (κ1) is 28.7. The Labute approximate surface area is 253 Å². The minimum Gasteiger partial charge on any atom is -0.378 e. The highest BCUT2D eigenvalue weighted by Gasteiger charge is 2.19. The van der Waals surface area contributed by atoms with Gasteiger partial charge in [0.1, 0.15) is 11.6 Å². The molecule has 44 heavy (non-hydrogen) atoms. The average Bonchev–Trinajstić information content (AvgIpc) is 3.04. The number of fused-ring (bicyclic) bond motifs is 1. The molecule has 1 aliphatic rings. The number of anilines is 3. The summed E-state index contributed by atoms with van der Waals surface area (Å²) in [5.74, 6) is 0.809. The number of ether oxygens (including phenoxy) is 1. The summed E-state index contributed by atoms with van der Waals surface area (Å²) in [5.41, 5.74) is 4.62. The van der Waals surface area contributed by atoms with E-state index >= 15 is 0 Å². The SMILES string of the molecule is CN(C)C(=O)c1ccc(NC(=O)Nc2ccc(-c3nc(N4CCOCC4)c4ccc(-c5cncc(F)c5)cc4n3)cc2)cc1. The van der Waals surface area contributed by atoms with E-state index in [0.717, 1.165) is 27.8 Å². The highest BCUT2D eigenvalue weighted by molar-refractivity contribution is 6.00. The lowest BCUT2D eigenvalue weighted by Gasteiger charge is -2.29. The molecule has 0 spiro atoms. The Hall–Kier alpha value is -5.42. The summed E-state index contributed by atoms with van der Waals surface area (Å²) in [5, 5.41) is 6.48. The minimum atomic E-state index is -0.416. The van der Waals surface area contributed by atoms with Gasteiger partial charge in [0, 0.05) is 66.8 Å². The summed E-state index contributed by atoms with van der Waals surface area (Å²) in [6.07, 6.45) is 2.80. The quantitative estimate of drug-likeness (QED) is 0.261. The number of hydrogen-bond donors (Lipinski definition) is 2. The Morgan fingerprint density at radius 2 is 1.48 bits per heavy atom. The van der Waals surface area contributed by atoms with E-state index in [1.54, 1.807) is 56.7 Å². The number of aromatic nitrogens is 3. The van der Waals surface area contributed by atoms with Crippen LogP contribution in [0.25, 0.3) is 33.4 Å². The molecule has 1 aliphatic heterocycles. The van der Waals surface area contributed by atoms with Crippen LogP contribution >= 0.6 is 0 Å². The number of rotatable bonds is 6. The smallest absolute Gasteiger partial charge is 0.323 e. The predicted molar refractivity (Wildman–Crippen MR) is 168 cm³/mol.